The molecule has 3 aromatic rings. The largest absolute Gasteiger partial charge is 0.496 e. The molecule has 0 bridgehead atoms. The molecule has 0 unspecified atom stereocenters. The Balaban J connectivity index is 1.65. The quantitative estimate of drug-likeness (QED) is 0.469. The topological polar surface area (TPSA) is 102 Å². The zero-order valence-electron chi connectivity index (χ0n) is 19.9. The Bertz CT molecular complexity index is 1250. The minimum absolute atomic E-state index is 0.0397. The van der Waals surface area contributed by atoms with Crippen molar-refractivity contribution in [2.24, 2.45) is 5.14 Å². The maximum absolute atomic E-state index is 13.6. The number of rotatable bonds is 8. The van der Waals surface area contributed by atoms with Gasteiger partial charge in [0.25, 0.3) is 5.91 Å². The average Bonchev–Trinajstić information content (AvgIpc) is 3.41. The van der Waals surface area contributed by atoms with E-state index in [4.69, 9.17) is 9.88 Å². The number of sulfonamides is 1. The predicted molar refractivity (Wildman–Crippen MR) is 139 cm³/mol. The maximum atomic E-state index is 13.6. The second-order valence-corrected chi connectivity index (χ2v) is 11.3. The zero-order chi connectivity index (χ0) is 25.0. The third-order valence-electron chi connectivity index (χ3n) is 6.68. The number of hydrogen-bond acceptors (Lipinski definition) is 6. The number of benzene rings is 2. The lowest BCUT2D eigenvalue weighted by Crippen LogP contribution is -2.44. The van der Waals surface area contributed by atoms with Gasteiger partial charge in [-0.2, -0.15) is 0 Å². The lowest BCUT2D eigenvalue weighted by atomic mass is 9.89. The molecule has 4 rings (SSSR count). The first-order chi connectivity index (χ1) is 16.8. The molecular weight excluding hydrogens is 482 g/mol. The molecule has 1 aromatic heterocycles. The number of nitrogens with one attached hydrogen (secondary N) is 1. The van der Waals surface area contributed by atoms with E-state index in [1.54, 1.807) is 19.2 Å². The van der Waals surface area contributed by atoms with E-state index < -0.39 is 10.0 Å². The molecular formula is C26H31N3O4S2. The van der Waals surface area contributed by atoms with Crippen LogP contribution < -0.4 is 15.2 Å². The van der Waals surface area contributed by atoms with Crippen LogP contribution in [0.3, 0.4) is 0 Å². The van der Waals surface area contributed by atoms with Gasteiger partial charge in [0.05, 0.1) is 16.9 Å². The van der Waals surface area contributed by atoms with Crippen molar-refractivity contribution in [2.45, 2.75) is 49.2 Å². The predicted octanol–water partition coefficient (Wildman–Crippen LogP) is 4.24. The first-order valence-electron chi connectivity index (χ1n) is 11.6. The third-order valence-corrected chi connectivity index (χ3v) is 8.46. The summed E-state index contributed by atoms with van der Waals surface area (Å²) in [5.74, 6) is 0.751. The van der Waals surface area contributed by atoms with Gasteiger partial charge in [-0.05, 0) is 79.6 Å². The molecule has 0 saturated heterocycles. The van der Waals surface area contributed by atoms with Crippen LogP contribution in [-0.4, -0.2) is 45.5 Å². The molecule has 1 heterocycles. The summed E-state index contributed by atoms with van der Waals surface area (Å²) in [6, 6.07) is 16.7. The molecule has 0 aliphatic heterocycles. The molecule has 1 fully saturated rings. The highest BCUT2D eigenvalue weighted by Crippen LogP contribution is 2.32. The van der Waals surface area contributed by atoms with Crippen molar-refractivity contribution in [3.63, 3.8) is 0 Å². The number of nitrogens with zero attached hydrogens (tertiary/aromatic N) is 1. The lowest BCUT2D eigenvalue weighted by Gasteiger charge is -2.37. The number of ether oxygens (including phenoxy) is 1. The molecule has 1 aliphatic rings. The normalized spacial score (nSPS) is 18.3. The SMILES string of the molecule is CNC1CCC(N(Cc2cc(-c3ccc(S(N)(=O)=O)cc3)ccc2OC)C(=O)c2cccs2)CC1. The molecule has 1 amide bonds. The number of methoxy groups -OCH3 is 1. The van der Waals surface area contributed by atoms with Crippen molar-refractivity contribution >= 4 is 27.3 Å². The highest BCUT2D eigenvalue weighted by molar-refractivity contribution is 7.89. The van der Waals surface area contributed by atoms with Crippen molar-refractivity contribution < 1.29 is 17.9 Å². The molecule has 2 aromatic carbocycles. The maximum Gasteiger partial charge on any atom is 0.264 e. The van der Waals surface area contributed by atoms with E-state index in [2.05, 4.69) is 5.32 Å². The molecule has 1 saturated carbocycles. The minimum atomic E-state index is -3.75. The van der Waals surface area contributed by atoms with Crippen molar-refractivity contribution in [2.75, 3.05) is 14.2 Å². The summed E-state index contributed by atoms with van der Waals surface area (Å²) < 4.78 is 28.9. The zero-order valence-corrected chi connectivity index (χ0v) is 21.6. The second kappa shape index (κ2) is 10.9. The summed E-state index contributed by atoms with van der Waals surface area (Å²) in [6.45, 7) is 0.428. The number of carbonyl (C=O) groups is 1. The van der Waals surface area contributed by atoms with Gasteiger partial charge in [0.1, 0.15) is 5.75 Å². The van der Waals surface area contributed by atoms with Crippen molar-refractivity contribution in [3.8, 4) is 16.9 Å². The van der Waals surface area contributed by atoms with Gasteiger partial charge in [0.2, 0.25) is 10.0 Å². The molecule has 7 nitrogen and oxygen atoms in total. The highest BCUT2D eigenvalue weighted by Gasteiger charge is 2.30. The molecule has 0 spiro atoms. The van der Waals surface area contributed by atoms with Crippen LogP contribution in [0.5, 0.6) is 5.75 Å². The van der Waals surface area contributed by atoms with E-state index >= 15 is 0 Å². The average molecular weight is 514 g/mol. The van der Waals surface area contributed by atoms with Crippen LogP contribution >= 0.6 is 11.3 Å². The van der Waals surface area contributed by atoms with E-state index in [0.29, 0.717) is 18.3 Å². The fourth-order valence-electron chi connectivity index (χ4n) is 4.69. The molecule has 9 heteroatoms. The molecule has 0 radical (unpaired) electrons. The first-order valence-corrected chi connectivity index (χ1v) is 14.0. The molecule has 186 valence electrons. The Morgan fingerprint density at radius 1 is 1.09 bits per heavy atom. The van der Waals surface area contributed by atoms with E-state index in [1.807, 2.05) is 47.7 Å². The minimum Gasteiger partial charge on any atom is -0.496 e. The van der Waals surface area contributed by atoms with Crippen LogP contribution in [0.25, 0.3) is 11.1 Å². The van der Waals surface area contributed by atoms with Gasteiger partial charge in [0.15, 0.2) is 0 Å². The molecule has 1 aliphatic carbocycles. The van der Waals surface area contributed by atoms with E-state index in [-0.39, 0.29) is 16.8 Å². The van der Waals surface area contributed by atoms with Crippen molar-refractivity contribution in [1.29, 1.82) is 0 Å². The molecule has 35 heavy (non-hydrogen) atoms. The number of amides is 1. The van der Waals surface area contributed by atoms with Crippen LogP contribution in [-0.2, 0) is 16.6 Å². The Morgan fingerprint density at radius 3 is 2.34 bits per heavy atom. The lowest BCUT2D eigenvalue weighted by molar-refractivity contribution is 0.0604. The van der Waals surface area contributed by atoms with Gasteiger partial charge >= 0.3 is 0 Å². The van der Waals surface area contributed by atoms with Gasteiger partial charge < -0.3 is 15.0 Å². The van der Waals surface area contributed by atoms with Crippen molar-refractivity contribution in [1.82, 2.24) is 10.2 Å². The number of hydrogen-bond donors (Lipinski definition) is 2. The van der Waals surface area contributed by atoms with Gasteiger partial charge in [-0.15, -0.1) is 11.3 Å². The Hall–Kier alpha value is -2.72. The summed E-state index contributed by atoms with van der Waals surface area (Å²) >= 11 is 1.46. The molecule has 3 N–H and O–H groups in total. The first kappa shape index (κ1) is 25.4. The van der Waals surface area contributed by atoms with E-state index in [9.17, 15) is 13.2 Å². The Labute approximate surface area is 211 Å². The number of thiophene rings is 1. The molecule has 0 atom stereocenters. The van der Waals surface area contributed by atoms with Crippen LogP contribution in [0.4, 0.5) is 0 Å². The number of primary sulfonamides is 1. The monoisotopic (exact) mass is 513 g/mol. The summed E-state index contributed by atoms with van der Waals surface area (Å²) in [6.07, 6.45) is 3.95. The van der Waals surface area contributed by atoms with Gasteiger partial charge in [-0.25, -0.2) is 13.6 Å². The fraction of sp³-hybridized carbons (Fsp3) is 0.346. The van der Waals surface area contributed by atoms with Crippen LogP contribution in [0, 0.1) is 0 Å². The van der Waals surface area contributed by atoms with Gasteiger partial charge in [0, 0.05) is 24.2 Å². The van der Waals surface area contributed by atoms with Crippen LogP contribution in [0.1, 0.15) is 40.9 Å². The van der Waals surface area contributed by atoms with E-state index in [1.165, 1.54) is 23.5 Å². The second-order valence-electron chi connectivity index (χ2n) is 8.80. The number of carbonyl (C=O) groups excluding carboxylic acids is 1. The van der Waals surface area contributed by atoms with Gasteiger partial charge in [-0.3, -0.25) is 4.79 Å². The van der Waals surface area contributed by atoms with Crippen LogP contribution in [0.15, 0.2) is 64.9 Å². The summed E-state index contributed by atoms with van der Waals surface area (Å²) in [5, 5.41) is 10.5. The highest BCUT2D eigenvalue weighted by atomic mass is 32.2. The van der Waals surface area contributed by atoms with Crippen molar-refractivity contribution in [3.05, 3.63) is 70.4 Å². The standard InChI is InChI=1S/C26H31N3O4S2/c1-28-21-8-10-22(11-9-21)29(26(30)25-4-3-15-34-25)17-20-16-19(7-14-24(20)33-2)18-5-12-23(13-6-18)35(27,31)32/h3-7,12-16,21-22,28H,8-11,17H2,1-2H3,(H2,27,31,32). The fourth-order valence-corrected chi connectivity index (χ4v) is 5.88. The smallest absolute Gasteiger partial charge is 0.264 e. The van der Waals surface area contributed by atoms with E-state index in [0.717, 1.165) is 47.3 Å². The van der Waals surface area contributed by atoms with Crippen LogP contribution in [0.2, 0.25) is 0 Å². The van der Waals surface area contributed by atoms with Gasteiger partial charge in [-0.1, -0.05) is 24.3 Å². The number of nitrogens with two attached hydrogens (primary N) is 1. The summed E-state index contributed by atoms with van der Waals surface area (Å²) in [4.78, 5) is 16.3. The Morgan fingerprint density at radius 2 is 1.77 bits per heavy atom. The summed E-state index contributed by atoms with van der Waals surface area (Å²) in [7, 11) is -0.134. The third kappa shape index (κ3) is 5.92. The Kier molecular flexibility index (Phi) is 7.91. The summed E-state index contributed by atoms with van der Waals surface area (Å²) in [5.41, 5.74) is 2.66.